The van der Waals surface area contributed by atoms with E-state index in [1.807, 2.05) is 0 Å². The van der Waals surface area contributed by atoms with E-state index < -0.39 is 16.2 Å². The molecule has 1 saturated carbocycles. The molecular formula is C10H7Cl3F2. The summed E-state index contributed by atoms with van der Waals surface area (Å²) >= 11 is 17.0. The van der Waals surface area contributed by atoms with Gasteiger partial charge in [-0.3, -0.25) is 0 Å². The van der Waals surface area contributed by atoms with Gasteiger partial charge in [-0.15, -0.1) is 0 Å². The molecule has 0 aliphatic heterocycles. The summed E-state index contributed by atoms with van der Waals surface area (Å²) < 4.78 is 24.1. The van der Waals surface area contributed by atoms with E-state index in [2.05, 4.69) is 0 Å². The summed E-state index contributed by atoms with van der Waals surface area (Å²) in [6, 6.07) is 6.68. The molecule has 5 heteroatoms. The molecule has 0 heterocycles. The predicted molar refractivity (Wildman–Crippen MR) is 58.2 cm³/mol. The zero-order valence-corrected chi connectivity index (χ0v) is 9.75. The number of hydrogen-bond donors (Lipinski definition) is 0. The quantitative estimate of drug-likeness (QED) is 0.653. The number of benzene rings is 1. The maximum absolute atomic E-state index is 13.1. The van der Waals surface area contributed by atoms with Gasteiger partial charge in [-0.2, -0.15) is 0 Å². The average molecular weight is 272 g/mol. The lowest BCUT2D eigenvalue weighted by Crippen LogP contribution is -2.55. The average Bonchev–Trinajstić information content (AvgIpc) is 2.14. The molecule has 0 spiro atoms. The Kier molecular flexibility index (Phi) is 2.65. The van der Waals surface area contributed by atoms with Crippen LogP contribution < -0.4 is 0 Å². The monoisotopic (exact) mass is 270 g/mol. The number of alkyl halides is 4. The van der Waals surface area contributed by atoms with Crippen LogP contribution in [0.15, 0.2) is 24.3 Å². The minimum Gasteiger partial charge on any atom is -0.203 e. The van der Waals surface area contributed by atoms with E-state index in [1.54, 1.807) is 24.3 Å². The Morgan fingerprint density at radius 2 is 1.93 bits per heavy atom. The SMILES string of the molecule is FC1(F)CC(c2cccc(Cl)c2)C1(Cl)Cl. The zero-order chi connectivity index (χ0) is 11.3. The van der Waals surface area contributed by atoms with Gasteiger partial charge < -0.3 is 0 Å². The standard InChI is InChI=1S/C10H7Cl3F2/c11-7-3-1-2-6(4-7)8-5-9(14,15)10(8,12)13/h1-4,8H,5H2. The second-order valence-corrected chi connectivity index (χ2v) is 5.46. The number of halogens is 5. The molecule has 0 saturated heterocycles. The van der Waals surface area contributed by atoms with Crippen LogP contribution in [0, 0.1) is 0 Å². The third-order valence-corrected chi connectivity index (χ3v) is 3.95. The molecule has 0 N–H and O–H groups in total. The van der Waals surface area contributed by atoms with Crippen molar-refractivity contribution in [1.29, 1.82) is 0 Å². The molecule has 1 aromatic carbocycles. The van der Waals surface area contributed by atoms with Gasteiger partial charge in [0.15, 0.2) is 4.33 Å². The maximum Gasteiger partial charge on any atom is 0.281 e. The second-order valence-electron chi connectivity index (χ2n) is 3.64. The molecular weight excluding hydrogens is 264 g/mol. The van der Waals surface area contributed by atoms with Crippen molar-refractivity contribution in [3.8, 4) is 0 Å². The van der Waals surface area contributed by atoms with Crippen LogP contribution in [0.2, 0.25) is 5.02 Å². The summed E-state index contributed by atoms with van der Waals surface area (Å²) in [5.41, 5.74) is 0.651. The summed E-state index contributed by atoms with van der Waals surface area (Å²) in [4.78, 5) is 0. The molecule has 15 heavy (non-hydrogen) atoms. The third-order valence-electron chi connectivity index (χ3n) is 2.64. The van der Waals surface area contributed by atoms with Crippen molar-refractivity contribution in [3.63, 3.8) is 0 Å². The van der Waals surface area contributed by atoms with Gasteiger partial charge in [0, 0.05) is 17.4 Å². The van der Waals surface area contributed by atoms with Gasteiger partial charge in [-0.1, -0.05) is 46.9 Å². The minimum atomic E-state index is -3.02. The Morgan fingerprint density at radius 1 is 1.27 bits per heavy atom. The summed E-state index contributed by atoms with van der Waals surface area (Å²) in [5, 5.41) is 0.492. The van der Waals surface area contributed by atoms with E-state index in [0.717, 1.165) is 0 Å². The van der Waals surface area contributed by atoms with E-state index in [9.17, 15) is 8.78 Å². The molecule has 0 bridgehead atoms. The van der Waals surface area contributed by atoms with Crippen molar-refractivity contribution in [2.24, 2.45) is 0 Å². The molecule has 1 aromatic rings. The fourth-order valence-electron chi connectivity index (χ4n) is 1.69. The first-order valence-electron chi connectivity index (χ1n) is 4.36. The molecule has 1 aliphatic rings. The molecule has 82 valence electrons. The number of hydrogen-bond acceptors (Lipinski definition) is 0. The normalized spacial score (nSPS) is 27.1. The first kappa shape index (κ1) is 11.4. The molecule has 1 aliphatic carbocycles. The third kappa shape index (κ3) is 1.73. The van der Waals surface area contributed by atoms with Crippen molar-refractivity contribution < 1.29 is 8.78 Å². The van der Waals surface area contributed by atoms with Crippen molar-refractivity contribution in [1.82, 2.24) is 0 Å². The molecule has 0 nitrogen and oxygen atoms in total. The van der Waals surface area contributed by atoms with Crippen LogP contribution in [-0.2, 0) is 0 Å². The summed E-state index contributed by atoms with van der Waals surface area (Å²) in [6.07, 6.45) is -0.333. The van der Waals surface area contributed by atoms with Crippen molar-refractivity contribution in [2.45, 2.75) is 22.6 Å². The second kappa shape index (κ2) is 3.47. The predicted octanol–water partition coefficient (Wildman–Crippen LogP) is 4.64. The summed E-state index contributed by atoms with van der Waals surface area (Å²) in [7, 11) is 0. The lowest BCUT2D eigenvalue weighted by atomic mass is 9.75. The molecule has 0 aromatic heterocycles. The number of rotatable bonds is 1. The highest BCUT2D eigenvalue weighted by Gasteiger charge is 2.67. The van der Waals surface area contributed by atoms with Crippen molar-refractivity contribution in [3.05, 3.63) is 34.9 Å². The molecule has 0 radical (unpaired) electrons. The first-order chi connectivity index (χ1) is 6.84. The van der Waals surface area contributed by atoms with E-state index in [4.69, 9.17) is 34.8 Å². The van der Waals surface area contributed by atoms with E-state index >= 15 is 0 Å². The van der Waals surface area contributed by atoms with Gasteiger partial charge >= 0.3 is 0 Å². The lowest BCUT2D eigenvalue weighted by Gasteiger charge is -2.47. The zero-order valence-electron chi connectivity index (χ0n) is 7.48. The Balaban J connectivity index is 2.29. The molecule has 1 unspecified atom stereocenters. The smallest absolute Gasteiger partial charge is 0.203 e. The largest absolute Gasteiger partial charge is 0.281 e. The maximum atomic E-state index is 13.1. The topological polar surface area (TPSA) is 0 Å². The van der Waals surface area contributed by atoms with Crippen LogP contribution in [0.5, 0.6) is 0 Å². The van der Waals surface area contributed by atoms with Crippen LogP contribution in [0.4, 0.5) is 8.78 Å². The summed E-state index contributed by atoms with van der Waals surface area (Å²) in [5.74, 6) is -3.59. The highest BCUT2D eigenvalue weighted by molar-refractivity contribution is 6.50. The van der Waals surface area contributed by atoms with Gasteiger partial charge in [0.05, 0.1) is 0 Å². The van der Waals surface area contributed by atoms with E-state index in [-0.39, 0.29) is 6.42 Å². The lowest BCUT2D eigenvalue weighted by molar-refractivity contribution is -0.0980. The van der Waals surface area contributed by atoms with Gasteiger partial charge in [-0.25, -0.2) is 8.78 Å². The Bertz CT molecular complexity index is 390. The van der Waals surface area contributed by atoms with Gasteiger partial charge in [0.25, 0.3) is 5.92 Å². The fourth-order valence-corrected chi connectivity index (χ4v) is 2.45. The first-order valence-corrected chi connectivity index (χ1v) is 5.49. The summed E-state index contributed by atoms with van der Waals surface area (Å²) in [6.45, 7) is 0. The molecule has 1 fully saturated rings. The Hall–Kier alpha value is -0.0500. The minimum absolute atomic E-state index is 0.333. The van der Waals surface area contributed by atoms with Crippen LogP contribution in [0.1, 0.15) is 17.9 Å². The van der Waals surface area contributed by atoms with Crippen molar-refractivity contribution in [2.75, 3.05) is 0 Å². The molecule has 2 rings (SSSR count). The van der Waals surface area contributed by atoms with Crippen LogP contribution in [0.25, 0.3) is 0 Å². The van der Waals surface area contributed by atoms with E-state index in [0.29, 0.717) is 10.6 Å². The van der Waals surface area contributed by atoms with Crippen LogP contribution >= 0.6 is 34.8 Å². The Morgan fingerprint density at radius 3 is 2.40 bits per heavy atom. The van der Waals surface area contributed by atoms with E-state index in [1.165, 1.54) is 0 Å². The van der Waals surface area contributed by atoms with Gasteiger partial charge in [0.1, 0.15) is 0 Å². The van der Waals surface area contributed by atoms with Crippen molar-refractivity contribution >= 4 is 34.8 Å². The highest BCUT2D eigenvalue weighted by atomic mass is 35.5. The van der Waals surface area contributed by atoms with Gasteiger partial charge in [-0.05, 0) is 17.7 Å². The molecule has 1 atom stereocenters. The molecule has 0 amide bonds. The Labute approximate surface area is 101 Å². The van der Waals surface area contributed by atoms with Crippen LogP contribution in [-0.4, -0.2) is 10.3 Å². The highest BCUT2D eigenvalue weighted by Crippen LogP contribution is 2.62. The van der Waals surface area contributed by atoms with Gasteiger partial charge in [0.2, 0.25) is 0 Å². The van der Waals surface area contributed by atoms with Crippen LogP contribution in [0.3, 0.4) is 0 Å². The fraction of sp³-hybridized carbons (Fsp3) is 0.400.